The first-order valence-electron chi connectivity index (χ1n) is 12.0. The molecule has 0 spiro atoms. The summed E-state index contributed by atoms with van der Waals surface area (Å²) >= 11 is 1.52. The van der Waals surface area contributed by atoms with Crippen molar-refractivity contribution in [1.82, 2.24) is 24.8 Å². The van der Waals surface area contributed by atoms with Gasteiger partial charge in [-0.05, 0) is 35.4 Å². The van der Waals surface area contributed by atoms with Crippen molar-refractivity contribution >= 4 is 22.9 Å². The quantitative estimate of drug-likeness (QED) is 0.279. The zero-order valence-electron chi connectivity index (χ0n) is 20.0. The van der Waals surface area contributed by atoms with Crippen molar-refractivity contribution in [3.63, 3.8) is 0 Å². The maximum atomic E-state index is 13.6. The number of piperazine rings is 1. The zero-order chi connectivity index (χ0) is 25.1. The number of nitrogens with zero attached hydrogens (tertiary/aromatic N) is 4. The summed E-state index contributed by atoms with van der Waals surface area (Å²) in [5.41, 5.74) is 3.55. The molecule has 3 heterocycles. The Morgan fingerprint density at radius 2 is 1.58 bits per heavy atom. The maximum Gasteiger partial charge on any atom is 0.303 e. The molecule has 0 bridgehead atoms. The van der Waals surface area contributed by atoms with Gasteiger partial charge in [-0.2, -0.15) is 0 Å². The fraction of sp³-hybridized carbons (Fsp3) is 0.346. The van der Waals surface area contributed by atoms with Gasteiger partial charge in [-0.3, -0.25) is 14.8 Å². The Balaban J connectivity index is 1.20. The number of aromatic amines is 2. The van der Waals surface area contributed by atoms with Gasteiger partial charge in [0, 0.05) is 45.4 Å². The molecule has 3 N–H and O–H groups in total. The minimum Gasteiger partial charge on any atom is -0.391 e. The van der Waals surface area contributed by atoms with Crippen molar-refractivity contribution in [2.45, 2.75) is 24.1 Å². The Hall–Kier alpha value is -2.92. The first-order chi connectivity index (χ1) is 17.5. The van der Waals surface area contributed by atoms with Gasteiger partial charge in [0.15, 0.2) is 6.33 Å². The third-order valence-electron chi connectivity index (χ3n) is 6.44. The van der Waals surface area contributed by atoms with Gasteiger partial charge in [0.1, 0.15) is 16.7 Å². The molecule has 2 aromatic heterocycles. The number of β-amino-alcohol motifs (C(OH)–C–C–N with tert-alkyl or cyclic N) is 1. The van der Waals surface area contributed by atoms with Crippen LogP contribution in [0.1, 0.15) is 23.0 Å². The van der Waals surface area contributed by atoms with Gasteiger partial charge >= 0.3 is 5.65 Å². The van der Waals surface area contributed by atoms with Crippen LogP contribution in [0, 0.1) is 18.6 Å². The van der Waals surface area contributed by atoms with Crippen molar-refractivity contribution < 1.29 is 18.9 Å². The lowest BCUT2D eigenvalue weighted by Gasteiger charge is -2.40. The average molecular weight is 512 g/mol. The number of nitrogens with one attached hydrogen (secondary N) is 2. The first kappa shape index (κ1) is 24.8. The molecular formula is C26H29F2N6OS+. The van der Waals surface area contributed by atoms with Gasteiger partial charge in [-0.1, -0.05) is 41.0 Å². The van der Waals surface area contributed by atoms with E-state index in [2.05, 4.69) is 29.7 Å². The molecule has 1 unspecified atom stereocenters. The number of aryl methyl sites for hydroxylation is 1. The van der Waals surface area contributed by atoms with E-state index < -0.39 is 6.10 Å². The Kier molecular flexibility index (Phi) is 7.56. The van der Waals surface area contributed by atoms with Gasteiger partial charge in [0.05, 0.1) is 12.1 Å². The first-order valence-corrected chi connectivity index (χ1v) is 13.0. The van der Waals surface area contributed by atoms with E-state index >= 15 is 0 Å². The Labute approximate surface area is 212 Å². The Bertz CT molecular complexity index is 1250. The Morgan fingerprint density at radius 1 is 0.972 bits per heavy atom. The highest BCUT2D eigenvalue weighted by Crippen LogP contribution is 2.30. The van der Waals surface area contributed by atoms with E-state index in [4.69, 9.17) is 0 Å². The standard InChI is InChI=1S/C26H28F2N6OS/c1-17-31-25-23(29-16-30-25)26(32-17)36-15-22(35)14-33-10-12-34(13-11-33)24(18-2-6-20(27)7-3-18)19-4-8-21(28)9-5-19/h2-9,16,22,24,35H,10-15H2,1H3,(H,29,30,31,32)/p+1. The van der Waals surface area contributed by atoms with E-state index in [1.54, 1.807) is 30.6 Å². The Morgan fingerprint density at radius 3 is 2.19 bits per heavy atom. The topological polar surface area (TPSA) is 82.4 Å². The summed E-state index contributed by atoms with van der Waals surface area (Å²) in [6, 6.07) is 13.0. The van der Waals surface area contributed by atoms with E-state index in [1.807, 2.05) is 6.92 Å². The van der Waals surface area contributed by atoms with Crippen molar-refractivity contribution in [1.29, 1.82) is 0 Å². The van der Waals surface area contributed by atoms with Crippen molar-refractivity contribution in [3.05, 3.63) is 83.4 Å². The van der Waals surface area contributed by atoms with Crippen molar-refractivity contribution in [2.75, 3.05) is 38.5 Å². The van der Waals surface area contributed by atoms with Crippen LogP contribution in [0.15, 0.2) is 59.9 Å². The number of aliphatic hydroxyl groups excluding tert-OH is 1. The second-order valence-corrected chi connectivity index (χ2v) is 10.0. The lowest BCUT2D eigenvalue weighted by molar-refractivity contribution is -0.347. The number of rotatable bonds is 8. The maximum absolute atomic E-state index is 13.6. The fourth-order valence-electron chi connectivity index (χ4n) is 4.70. The van der Waals surface area contributed by atoms with Crippen molar-refractivity contribution in [2.24, 2.45) is 0 Å². The van der Waals surface area contributed by atoms with Crippen LogP contribution >= 0.6 is 11.8 Å². The van der Waals surface area contributed by atoms with Crippen LogP contribution in [0.5, 0.6) is 0 Å². The number of aliphatic hydroxyl groups is 1. The lowest BCUT2D eigenvalue weighted by atomic mass is 9.96. The number of hydrogen-bond donors (Lipinski definition) is 2. The van der Waals surface area contributed by atoms with E-state index in [9.17, 15) is 13.9 Å². The van der Waals surface area contributed by atoms with Crippen LogP contribution in [-0.4, -0.2) is 74.4 Å². The molecule has 4 aromatic rings. The van der Waals surface area contributed by atoms with Gasteiger partial charge in [0.25, 0.3) is 0 Å². The van der Waals surface area contributed by atoms with E-state index in [-0.39, 0.29) is 17.7 Å². The smallest absolute Gasteiger partial charge is 0.303 e. The molecule has 1 saturated heterocycles. The average Bonchev–Trinajstić information content (AvgIpc) is 3.35. The number of halogens is 2. The van der Waals surface area contributed by atoms with Crippen LogP contribution in [0.4, 0.5) is 8.78 Å². The third kappa shape index (κ3) is 5.73. The number of benzene rings is 2. The summed E-state index contributed by atoms with van der Waals surface area (Å²) in [7, 11) is 0. The number of thioether (sulfide) groups is 1. The van der Waals surface area contributed by atoms with Crippen LogP contribution in [0.2, 0.25) is 0 Å². The summed E-state index contributed by atoms with van der Waals surface area (Å²) in [5, 5.41) is 11.6. The monoisotopic (exact) mass is 511 g/mol. The molecule has 1 aliphatic heterocycles. The molecule has 0 saturated carbocycles. The molecule has 188 valence electrons. The molecule has 0 amide bonds. The SMILES string of the molecule is Cc1nc(SCC(O)CN2CCN(C(c3ccc(F)cc3)c3ccc(F)cc3)CC2)c2[nH]c[nH+]c2n1. The van der Waals surface area contributed by atoms with Gasteiger partial charge in [-0.25, -0.2) is 18.7 Å². The normalized spacial score (nSPS) is 16.1. The molecule has 0 aliphatic carbocycles. The second-order valence-electron chi connectivity index (χ2n) is 9.04. The van der Waals surface area contributed by atoms with Gasteiger partial charge < -0.3 is 5.11 Å². The number of imidazole rings is 1. The van der Waals surface area contributed by atoms with E-state index in [0.29, 0.717) is 18.1 Å². The number of fused-ring (bicyclic) bond motifs is 1. The van der Waals surface area contributed by atoms with Crippen LogP contribution in [0.3, 0.4) is 0 Å². The molecular weight excluding hydrogens is 482 g/mol. The third-order valence-corrected chi connectivity index (χ3v) is 7.56. The predicted molar refractivity (Wildman–Crippen MR) is 135 cm³/mol. The fourth-order valence-corrected chi connectivity index (χ4v) is 5.65. The predicted octanol–water partition coefficient (Wildman–Crippen LogP) is 3.22. The highest BCUT2D eigenvalue weighted by atomic mass is 32.2. The van der Waals surface area contributed by atoms with E-state index in [1.165, 1.54) is 36.0 Å². The molecule has 7 nitrogen and oxygen atoms in total. The van der Waals surface area contributed by atoms with Crippen LogP contribution in [-0.2, 0) is 0 Å². The van der Waals surface area contributed by atoms with Crippen LogP contribution < -0.4 is 4.98 Å². The summed E-state index contributed by atoms with van der Waals surface area (Å²) in [4.78, 5) is 19.7. The minimum absolute atomic E-state index is 0.0881. The number of hydrogen-bond acceptors (Lipinski definition) is 6. The summed E-state index contributed by atoms with van der Waals surface area (Å²) < 4.78 is 27.1. The van der Waals surface area contributed by atoms with E-state index in [0.717, 1.165) is 53.5 Å². The highest BCUT2D eigenvalue weighted by molar-refractivity contribution is 7.99. The number of H-pyrrole nitrogens is 2. The van der Waals surface area contributed by atoms with Crippen molar-refractivity contribution in [3.8, 4) is 0 Å². The van der Waals surface area contributed by atoms with Gasteiger partial charge in [-0.15, -0.1) is 0 Å². The molecule has 1 aliphatic rings. The summed E-state index contributed by atoms with van der Waals surface area (Å²) in [5.74, 6) is 0.655. The molecule has 1 fully saturated rings. The molecule has 0 radical (unpaired) electrons. The molecule has 2 aromatic carbocycles. The highest BCUT2D eigenvalue weighted by Gasteiger charge is 2.27. The largest absolute Gasteiger partial charge is 0.391 e. The molecule has 10 heteroatoms. The zero-order valence-corrected chi connectivity index (χ0v) is 20.8. The number of aromatic nitrogens is 4. The second kappa shape index (κ2) is 11.0. The minimum atomic E-state index is -0.504. The molecule has 36 heavy (non-hydrogen) atoms. The van der Waals surface area contributed by atoms with Crippen LogP contribution in [0.25, 0.3) is 11.2 Å². The molecule has 1 atom stereocenters. The summed E-state index contributed by atoms with van der Waals surface area (Å²) in [6.45, 7) is 5.58. The lowest BCUT2D eigenvalue weighted by Crippen LogP contribution is -2.50. The molecule has 5 rings (SSSR count). The van der Waals surface area contributed by atoms with Gasteiger partial charge in [0.2, 0.25) is 11.3 Å². The summed E-state index contributed by atoms with van der Waals surface area (Å²) in [6.07, 6.45) is 1.22.